The van der Waals surface area contributed by atoms with Crippen LogP contribution >= 0.6 is 0 Å². The summed E-state index contributed by atoms with van der Waals surface area (Å²) in [5, 5.41) is -1.32. The van der Waals surface area contributed by atoms with E-state index >= 15 is 0 Å². The molecule has 1 amide bonds. The standard InChI is InChI=1S/C28H30N2O5S2/c1-2-21-11-13-22(14-12-21)19-29-15-17-30(18-16-29)28(31)24-9-6-10-25-27(24)26(20-36(25,32)33)37(34,35)23-7-4-3-5-8-23/h3-14,26H,2,15-20H2,1H3. The van der Waals surface area contributed by atoms with Gasteiger partial charge >= 0.3 is 0 Å². The van der Waals surface area contributed by atoms with Gasteiger partial charge in [0.1, 0.15) is 5.25 Å². The van der Waals surface area contributed by atoms with E-state index in [1.54, 1.807) is 29.2 Å². The van der Waals surface area contributed by atoms with Gasteiger partial charge in [-0.05, 0) is 41.8 Å². The molecule has 0 aromatic heterocycles. The van der Waals surface area contributed by atoms with Crippen molar-refractivity contribution >= 4 is 25.6 Å². The normalized spacial score (nSPS) is 19.5. The molecule has 0 radical (unpaired) electrons. The van der Waals surface area contributed by atoms with Gasteiger partial charge in [-0.15, -0.1) is 0 Å². The molecular weight excluding hydrogens is 508 g/mol. The van der Waals surface area contributed by atoms with E-state index in [0.29, 0.717) is 26.2 Å². The summed E-state index contributed by atoms with van der Waals surface area (Å²) >= 11 is 0. The first-order chi connectivity index (χ1) is 17.7. The molecule has 2 aliphatic heterocycles. The number of amides is 1. The average Bonchev–Trinajstić information content (AvgIpc) is 3.21. The molecule has 1 fully saturated rings. The third kappa shape index (κ3) is 4.95. The van der Waals surface area contributed by atoms with Crippen LogP contribution in [-0.4, -0.2) is 64.5 Å². The highest BCUT2D eigenvalue weighted by atomic mass is 32.2. The molecule has 0 spiro atoms. The summed E-state index contributed by atoms with van der Waals surface area (Å²) in [6, 6.07) is 20.9. The summed E-state index contributed by atoms with van der Waals surface area (Å²) in [5.74, 6) is -0.886. The molecule has 1 unspecified atom stereocenters. The minimum Gasteiger partial charge on any atom is -0.336 e. The van der Waals surface area contributed by atoms with E-state index in [9.17, 15) is 21.6 Å². The molecular formula is C28H30N2O5S2. The second-order valence-electron chi connectivity index (χ2n) is 9.58. The fourth-order valence-corrected chi connectivity index (χ4v) is 9.52. The lowest BCUT2D eigenvalue weighted by atomic mass is 10.0. The van der Waals surface area contributed by atoms with E-state index in [-0.39, 0.29) is 26.8 Å². The Morgan fingerprint density at radius 2 is 1.51 bits per heavy atom. The van der Waals surface area contributed by atoms with E-state index < -0.39 is 30.7 Å². The Labute approximate surface area is 218 Å². The number of hydrogen-bond donors (Lipinski definition) is 0. The zero-order chi connectivity index (χ0) is 26.2. The van der Waals surface area contributed by atoms with Gasteiger partial charge in [0.2, 0.25) is 0 Å². The minimum atomic E-state index is -4.02. The molecule has 1 atom stereocenters. The second kappa shape index (κ2) is 10.0. The SMILES string of the molecule is CCc1ccc(CN2CCN(C(=O)c3cccc4c3C(S(=O)(=O)c3ccccc3)CS4(=O)=O)CC2)cc1. The van der Waals surface area contributed by atoms with Crippen LogP contribution in [0, 0.1) is 0 Å². The topological polar surface area (TPSA) is 91.8 Å². The zero-order valence-electron chi connectivity index (χ0n) is 20.7. The van der Waals surface area contributed by atoms with Gasteiger partial charge in [0, 0.05) is 43.9 Å². The number of aryl methyl sites for hydroxylation is 1. The second-order valence-corrected chi connectivity index (χ2v) is 13.7. The Kier molecular flexibility index (Phi) is 6.95. The number of piperazine rings is 1. The number of rotatable bonds is 6. The van der Waals surface area contributed by atoms with Crippen molar-refractivity contribution in [3.63, 3.8) is 0 Å². The number of nitrogens with zero attached hydrogens (tertiary/aromatic N) is 2. The summed E-state index contributed by atoms with van der Waals surface area (Å²) in [4.78, 5) is 17.6. The van der Waals surface area contributed by atoms with Crippen LogP contribution in [0.1, 0.15) is 39.2 Å². The lowest BCUT2D eigenvalue weighted by Gasteiger charge is -2.35. The molecule has 0 saturated carbocycles. The molecule has 0 aliphatic carbocycles. The summed E-state index contributed by atoms with van der Waals surface area (Å²) in [6.07, 6.45) is 0.999. The smallest absolute Gasteiger partial charge is 0.254 e. The summed E-state index contributed by atoms with van der Waals surface area (Å²) in [6.45, 7) is 5.25. The van der Waals surface area contributed by atoms with Gasteiger partial charge in [-0.1, -0.05) is 55.5 Å². The number of benzene rings is 3. The largest absolute Gasteiger partial charge is 0.336 e. The van der Waals surface area contributed by atoms with E-state index in [4.69, 9.17) is 0 Å². The number of carbonyl (C=O) groups excluding carboxylic acids is 1. The van der Waals surface area contributed by atoms with Crippen LogP contribution in [0.4, 0.5) is 0 Å². The maximum Gasteiger partial charge on any atom is 0.254 e. The highest BCUT2D eigenvalue weighted by molar-refractivity contribution is 7.96. The summed E-state index contributed by atoms with van der Waals surface area (Å²) < 4.78 is 52.9. The van der Waals surface area contributed by atoms with Crippen molar-refractivity contribution in [1.82, 2.24) is 9.80 Å². The fourth-order valence-electron chi connectivity index (χ4n) is 5.14. The quantitative estimate of drug-likeness (QED) is 0.477. The Morgan fingerprint density at radius 1 is 0.865 bits per heavy atom. The minimum absolute atomic E-state index is 0.0471. The van der Waals surface area contributed by atoms with Crippen LogP contribution in [0.25, 0.3) is 0 Å². The zero-order valence-corrected chi connectivity index (χ0v) is 22.3. The molecule has 0 bridgehead atoms. The molecule has 2 heterocycles. The predicted octanol–water partition coefficient (Wildman–Crippen LogP) is 3.51. The van der Waals surface area contributed by atoms with Gasteiger partial charge < -0.3 is 4.90 Å². The summed E-state index contributed by atoms with van der Waals surface area (Å²) in [5.41, 5.74) is 2.78. The lowest BCUT2D eigenvalue weighted by Crippen LogP contribution is -2.48. The third-order valence-electron chi connectivity index (χ3n) is 7.27. The maximum atomic E-state index is 13.6. The number of carbonyl (C=O) groups is 1. The monoisotopic (exact) mass is 538 g/mol. The molecule has 3 aromatic carbocycles. The Bertz CT molecular complexity index is 1510. The molecule has 5 rings (SSSR count). The molecule has 0 N–H and O–H groups in total. The Balaban J connectivity index is 1.38. The molecule has 2 aliphatic rings. The van der Waals surface area contributed by atoms with Crippen molar-refractivity contribution in [3.05, 3.63) is 95.1 Å². The van der Waals surface area contributed by atoms with Crippen LogP contribution < -0.4 is 0 Å². The van der Waals surface area contributed by atoms with Crippen LogP contribution in [-0.2, 0) is 32.6 Å². The lowest BCUT2D eigenvalue weighted by molar-refractivity contribution is 0.0627. The highest BCUT2D eigenvalue weighted by Gasteiger charge is 2.45. The molecule has 37 heavy (non-hydrogen) atoms. The van der Waals surface area contributed by atoms with E-state index in [0.717, 1.165) is 13.0 Å². The summed E-state index contributed by atoms with van der Waals surface area (Å²) in [7, 11) is -7.86. The van der Waals surface area contributed by atoms with Crippen LogP contribution in [0.3, 0.4) is 0 Å². The highest BCUT2D eigenvalue weighted by Crippen LogP contribution is 2.43. The number of fused-ring (bicyclic) bond motifs is 1. The van der Waals surface area contributed by atoms with Gasteiger partial charge in [0.25, 0.3) is 5.91 Å². The van der Waals surface area contributed by atoms with Crippen molar-refractivity contribution < 1.29 is 21.6 Å². The number of sulfone groups is 2. The molecule has 9 heteroatoms. The van der Waals surface area contributed by atoms with Crippen LogP contribution in [0.5, 0.6) is 0 Å². The van der Waals surface area contributed by atoms with Crippen molar-refractivity contribution in [2.75, 3.05) is 31.9 Å². The van der Waals surface area contributed by atoms with Crippen LogP contribution in [0.15, 0.2) is 82.6 Å². The van der Waals surface area contributed by atoms with E-state index in [1.165, 1.54) is 35.4 Å². The Morgan fingerprint density at radius 3 is 2.16 bits per heavy atom. The van der Waals surface area contributed by atoms with Gasteiger partial charge in [0.15, 0.2) is 19.7 Å². The van der Waals surface area contributed by atoms with Gasteiger partial charge in [-0.3, -0.25) is 9.69 Å². The molecule has 3 aromatic rings. The molecule has 7 nitrogen and oxygen atoms in total. The first-order valence-electron chi connectivity index (χ1n) is 12.4. The predicted molar refractivity (Wildman–Crippen MR) is 142 cm³/mol. The van der Waals surface area contributed by atoms with E-state index in [1.807, 2.05) is 0 Å². The fraction of sp³-hybridized carbons (Fsp3) is 0.321. The van der Waals surface area contributed by atoms with Gasteiger partial charge in [-0.25, -0.2) is 16.8 Å². The van der Waals surface area contributed by atoms with Gasteiger partial charge in [-0.2, -0.15) is 0 Å². The van der Waals surface area contributed by atoms with E-state index in [2.05, 4.69) is 36.1 Å². The van der Waals surface area contributed by atoms with Crippen LogP contribution in [0.2, 0.25) is 0 Å². The Hall–Kier alpha value is -3.01. The first-order valence-corrected chi connectivity index (χ1v) is 15.6. The van der Waals surface area contributed by atoms with Gasteiger partial charge in [0.05, 0.1) is 15.5 Å². The number of hydrogen-bond acceptors (Lipinski definition) is 6. The first kappa shape index (κ1) is 25.6. The molecule has 194 valence electrons. The third-order valence-corrected chi connectivity index (χ3v) is 11.4. The van der Waals surface area contributed by atoms with Crippen molar-refractivity contribution in [2.24, 2.45) is 0 Å². The average molecular weight is 539 g/mol. The van der Waals surface area contributed by atoms with Crippen molar-refractivity contribution in [1.29, 1.82) is 0 Å². The van der Waals surface area contributed by atoms with Crippen molar-refractivity contribution in [3.8, 4) is 0 Å². The maximum absolute atomic E-state index is 13.6. The molecule has 1 saturated heterocycles. The van der Waals surface area contributed by atoms with Crippen molar-refractivity contribution in [2.45, 2.75) is 34.9 Å².